The predicted octanol–water partition coefficient (Wildman–Crippen LogP) is 3.21. The van der Waals surface area contributed by atoms with Gasteiger partial charge in [-0.15, -0.1) is 0 Å². The van der Waals surface area contributed by atoms with E-state index in [0.717, 1.165) is 4.57 Å². The summed E-state index contributed by atoms with van der Waals surface area (Å²) in [4.78, 5) is 0. The Bertz CT molecular complexity index is 738. The number of nitrogens with zero attached hydrogens (tertiary/aromatic N) is 1. The summed E-state index contributed by atoms with van der Waals surface area (Å²) in [6.07, 6.45) is 0.667. The molecule has 110 valence electrons. The molecule has 0 radical (unpaired) electrons. The normalized spacial score (nSPS) is 22.8. The van der Waals surface area contributed by atoms with Crippen LogP contribution < -0.4 is 0 Å². The van der Waals surface area contributed by atoms with E-state index in [1.807, 2.05) is 0 Å². The van der Waals surface area contributed by atoms with Gasteiger partial charge in [-0.1, -0.05) is 0 Å². The monoisotopic (exact) mass is 297 g/mol. The zero-order valence-corrected chi connectivity index (χ0v) is 10.6. The van der Waals surface area contributed by atoms with Crippen molar-refractivity contribution in [2.45, 2.75) is 25.0 Å². The SMILES string of the molecule is Oc1c2c(c(O)n1-c1cc(F)c(F)cc1F)[C@H]1CC[C@@H]2O1. The van der Waals surface area contributed by atoms with E-state index in [-0.39, 0.29) is 12.2 Å². The van der Waals surface area contributed by atoms with E-state index < -0.39 is 34.9 Å². The van der Waals surface area contributed by atoms with E-state index in [0.29, 0.717) is 36.1 Å². The summed E-state index contributed by atoms with van der Waals surface area (Å²) in [7, 11) is 0. The molecule has 2 aromatic rings. The van der Waals surface area contributed by atoms with Crippen LogP contribution in [0.25, 0.3) is 5.69 Å². The smallest absolute Gasteiger partial charge is 0.205 e. The molecule has 4 nitrogen and oxygen atoms in total. The van der Waals surface area contributed by atoms with Crippen LogP contribution in [0.1, 0.15) is 36.2 Å². The molecular formula is C14H10F3NO3. The van der Waals surface area contributed by atoms with Crippen LogP contribution in [0.4, 0.5) is 13.2 Å². The van der Waals surface area contributed by atoms with E-state index in [9.17, 15) is 23.4 Å². The highest BCUT2D eigenvalue weighted by atomic mass is 19.2. The van der Waals surface area contributed by atoms with Gasteiger partial charge < -0.3 is 14.9 Å². The summed E-state index contributed by atoms with van der Waals surface area (Å²) in [6.45, 7) is 0. The van der Waals surface area contributed by atoms with Crippen LogP contribution >= 0.6 is 0 Å². The minimum absolute atomic E-state index is 0.356. The lowest BCUT2D eigenvalue weighted by atomic mass is 9.95. The Morgan fingerprint density at radius 3 is 2.00 bits per heavy atom. The first-order valence-corrected chi connectivity index (χ1v) is 6.45. The highest BCUT2D eigenvalue weighted by molar-refractivity contribution is 5.57. The first-order valence-electron chi connectivity index (χ1n) is 6.45. The summed E-state index contributed by atoms with van der Waals surface area (Å²) in [5.74, 6) is -4.49. The van der Waals surface area contributed by atoms with Crippen molar-refractivity contribution in [1.29, 1.82) is 0 Å². The third kappa shape index (κ3) is 1.49. The summed E-state index contributed by atoms with van der Waals surface area (Å²) in [5.41, 5.74) is 0.346. The highest BCUT2D eigenvalue weighted by Crippen LogP contribution is 2.58. The molecule has 1 fully saturated rings. The Hall–Kier alpha value is -2.15. The lowest BCUT2D eigenvalue weighted by Crippen LogP contribution is -2.01. The lowest BCUT2D eigenvalue weighted by Gasteiger charge is -2.11. The second kappa shape index (κ2) is 3.94. The van der Waals surface area contributed by atoms with Crippen molar-refractivity contribution in [2.75, 3.05) is 0 Å². The first-order chi connectivity index (χ1) is 9.99. The number of halogens is 3. The molecule has 21 heavy (non-hydrogen) atoms. The fourth-order valence-corrected chi connectivity index (χ4v) is 3.19. The molecule has 0 saturated carbocycles. The Labute approximate surface area is 117 Å². The van der Waals surface area contributed by atoms with Gasteiger partial charge in [0, 0.05) is 12.1 Å². The topological polar surface area (TPSA) is 54.6 Å². The van der Waals surface area contributed by atoms with Gasteiger partial charge in [0.1, 0.15) is 0 Å². The van der Waals surface area contributed by atoms with Crippen molar-refractivity contribution in [3.8, 4) is 17.4 Å². The summed E-state index contributed by atoms with van der Waals surface area (Å²) < 4.78 is 46.5. The van der Waals surface area contributed by atoms with Gasteiger partial charge in [0.05, 0.1) is 29.0 Å². The van der Waals surface area contributed by atoms with E-state index in [2.05, 4.69) is 0 Å². The van der Waals surface area contributed by atoms with Crippen LogP contribution in [0.5, 0.6) is 11.8 Å². The molecule has 2 bridgehead atoms. The van der Waals surface area contributed by atoms with Crippen molar-refractivity contribution in [2.24, 2.45) is 0 Å². The van der Waals surface area contributed by atoms with Crippen LogP contribution in [0, 0.1) is 17.5 Å². The van der Waals surface area contributed by atoms with Crippen LogP contribution in [-0.2, 0) is 4.74 Å². The third-order valence-electron chi connectivity index (χ3n) is 4.09. The number of fused-ring (bicyclic) bond motifs is 5. The molecule has 4 rings (SSSR count). The van der Waals surface area contributed by atoms with Crippen LogP contribution in [0.2, 0.25) is 0 Å². The predicted molar refractivity (Wildman–Crippen MR) is 64.8 cm³/mol. The minimum atomic E-state index is -1.33. The van der Waals surface area contributed by atoms with Gasteiger partial charge in [0.25, 0.3) is 0 Å². The fourth-order valence-electron chi connectivity index (χ4n) is 3.19. The largest absolute Gasteiger partial charge is 0.494 e. The van der Waals surface area contributed by atoms with Crippen LogP contribution in [-0.4, -0.2) is 14.8 Å². The summed E-state index contributed by atoms with van der Waals surface area (Å²) in [6, 6.07) is 0.974. The average molecular weight is 297 g/mol. The summed E-state index contributed by atoms with van der Waals surface area (Å²) in [5, 5.41) is 20.5. The van der Waals surface area contributed by atoms with Gasteiger partial charge in [0.2, 0.25) is 11.8 Å². The zero-order chi connectivity index (χ0) is 14.9. The molecule has 2 aliphatic rings. The van der Waals surface area contributed by atoms with Gasteiger partial charge in [-0.3, -0.25) is 0 Å². The Kier molecular flexibility index (Phi) is 2.36. The van der Waals surface area contributed by atoms with E-state index in [1.54, 1.807) is 0 Å². The van der Waals surface area contributed by atoms with E-state index in [4.69, 9.17) is 4.74 Å². The molecular weight excluding hydrogens is 287 g/mol. The van der Waals surface area contributed by atoms with Crippen molar-refractivity contribution in [3.63, 3.8) is 0 Å². The number of hydrogen-bond donors (Lipinski definition) is 2. The lowest BCUT2D eigenvalue weighted by molar-refractivity contribution is 0.0682. The van der Waals surface area contributed by atoms with Gasteiger partial charge in [-0.05, 0) is 12.8 Å². The van der Waals surface area contributed by atoms with Crippen LogP contribution in [0.3, 0.4) is 0 Å². The molecule has 3 heterocycles. The zero-order valence-electron chi connectivity index (χ0n) is 10.6. The van der Waals surface area contributed by atoms with Crippen molar-refractivity contribution < 1.29 is 28.1 Å². The molecule has 0 aliphatic carbocycles. The number of ether oxygens (including phenoxy) is 1. The Morgan fingerprint density at radius 2 is 1.43 bits per heavy atom. The average Bonchev–Trinajstić information content (AvgIpc) is 3.09. The molecule has 0 amide bonds. The fraction of sp³-hybridized carbons (Fsp3) is 0.286. The second-order valence-electron chi connectivity index (χ2n) is 5.22. The van der Waals surface area contributed by atoms with Gasteiger partial charge >= 0.3 is 0 Å². The second-order valence-corrected chi connectivity index (χ2v) is 5.22. The Balaban J connectivity index is 1.98. The van der Waals surface area contributed by atoms with Crippen molar-refractivity contribution in [1.82, 2.24) is 4.57 Å². The van der Waals surface area contributed by atoms with Gasteiger partial charge in [0.15, 0.2) is 17.5 Å². The van der Waals surface area contributed by atoms with Gasteiger partial charge in [-0.2, -0.15) is 0 Å². The first kappa shape index (κ1) is 12.6. The molecule has 1 saturated heterocycles. The van der Waals surface area contributed by atoms with Crippen molar-refractivity contribution in [3.05, 3.63) is 40.7 Å². The van der Waals surface area contributed by atoms with E-state index in [1.165, 1.54) is 0 Å². The molecule has 0 unspecified atom stereocenters. The number of aromatic hydroxyl groups is 2. The van der Waals surface area contributed by atoms with Crippen molar-refractivity contribution >= 4 is 0 Å². The number of aromatic nitrogens is 1. The van der Waals surface area contributed by atoms with E-state index >= 15 is 0 Å². The standard InChI is InChI=1S/C14H10F3NO3/c15-5-3-7(17)8(4-6(5)16)18-13(19)11-9-1-2-10(21-9)12(11)14(18)20/h3-4,9-10,19-20H,1-2H2/t9-,10+. The molecule has 2 aliphatic heterocycles. The highest BCUT2D eigenvalue weighted by Gasteiger charge is 2.45. The molecule has 1 aromatic heterocycles. The number of benzene rings is 1. The number of rotatable bonds is 1. The maximum Gasteiger partial charge on any atom is 0.205 e. The maximum atomic E-state index is 13.9. The molecule has 1 aromatic carbocycles. The van der Waals surface area contributed by atoms with Crippen LogP contribution in [0.15, 0.2) is 12.1 Å². The molecule has 0 spiro atoms. The summed E-state index contributed by atoms with van der Waals surface area (Å²) >= 11 is 0. The van der Waals surface area contributed by atoms with Gasteiger partial charge in [-0.25, -0.2) is 17.7 Å². The molecule has 2 atom stereocenters. The molecule has 2 N–H and O–H groups in total. The quantitative estimate of drug-likeness (QED) is 0.795. The third-order valence-corrected chi connectivity index (χ3v) is 4.09. The maximum absolute atomic E-state index is 13.9. The molecule has 7 heteroatoms. The minimum Gasteiger partial charge on any atom is -0.494 e. The Morgan fingerprint density at radius 1 is 0.905 bits per heavy atom. The number of hydrogen-bond acceptors (Lipinski definition) is 3.